The number of hydrogen-bond donors (Lipinski definition) is 1. The maximum absolute atomic E-state index is 14.2. The summed E-state index contributed by atoms with van der Waals surface area (Å²) in [6.45, 7) is 6.64. The standard InChI is InChI=1S/C24H28FN3O2S2/c1-18-9-11-20(12-10-18)32(29,30)26-19(2)24(23-8-5-17-31-23)28-15-13-27(14-16-28)22-7-4-3-6-21(22)25/h3-12,17,19,24,26H,13-16H2,1-2H3. The highest BCUT2D eigenvalue weighted by atomic mass is 32.2. The summed E-state index contributed by atoms with van der Waals surface area (Å²) in [6.07, 6.45) is 0. The fourth-order valence-electron chi connectivity index (χ4n) is 4.25. The van der Waals surface area contributed by atoms with Crippen LogP contribution in [0.2, 0.25) is 0 Å². The molecule has 2 aromatic carbocycles. The normalized spacial score (nSPS) is 17.3. The van der Waals surface area contributed by atoms with E-state index in [1.807, 2.05) is 31.4 Å². The molecule has 2 heterocycles. The van der Waals surface area contributed by atoms with Gasteiger partial charge in [0.15, 0.2) is 0 Å². The third-order valence-corrected chi connectivity index (χ3v) is 8.40. The zero-order valence-electron chi connectivity index (χ0n) is 18.2. The number of nitrogens with zero attached hydrogens (tertiary/aromatic N) is 2. The van der Waals surface area contributed by atoms with E-state index >= 15 is 0 Å². The number of para-hydroxylation sites is 1. The lowest BCUT2D eigenvalue weighted by molar-refractivity contribution is 0.163. The van der Waals surface area contributed by atoms with Crippen LogP contribution in [-0.2, 0) is 10.0 Å². The molecule has 2 unspecified atom stereocenters. The Labute approximate surface area is 193 Å². The van der Waals surface area contributed by atoms with Crippen LogP contribution in [0, 0.1) is 12.7 Å². The minimum atomic E-state index is -3.64. The summed E-state index contributed by atoms with van der Waals surface area (Å²) >= 11 is 1.63. The summed E-state index contributed by atoms with van der Waals surface area (Å²) in [5.41, 5.74) is 1.63. The van der Waals surface area contributed by atoms with E-state index in [1.54, 1.807) is 47.7 Å². The first-order chi connectivity index (χ1) is 15.3. The molecule has 1 aliphatic rings. The molecule has 3 aromatic rings. The number of thiophene rings is 1. The van der Waals surface area contributed by atoms with Gasteiger partial charge in [-0.15, -0.1) is 11.3 Å². The first-order valence-electron chi connectivity index (χ1n) is 10.7. The third-order valence-electron chi connectivity index (χ3n) is 5.88. The van der Waals surface area contributed by atoms with Crippen molar-refractivity contribution in [1.82, 2.24) is 9.62 Å². The molecule has 32 heavy (non-hydrogen) atoms. The van der Waals surface area contributed by atoms with Crippen molar-refractivity contribution in [1.29, 1.82) is 0 Å². The molecular weight excluding hydrogens is 445 g/mol. The zero-order chi connectivity index (χ0) is 22.7. The van der Waals surface area contributed by atoms with Gasteiger partial charge < -0.3 is 4.90 Å². The molecule has 0 radical (unpaired) electrons. The van der Waals surface area contributed by atoms with Crippen molar-refractivity contribution in [2.75, 3.05) is 31.1 Å². The monoisotopic (exact) mass is 473 g/mol. The van der Waals surface area contributed by atoms with Crippen LogP contribution in [0.5, 0.6) is 0 Å². The van der Waals surface area contributed by atoms with Crippen LogP contribution in [-0.4, -0.2) is 45.5 Å². The Morgan fingerprint density at radius 2 is 1.66 bits per heavy atom. The topological polar surface area (TPSA) is 52.7 Å². The Morgan fingerprint density at radius 1 is 0.969 bits per heavy atom. The summed E-state index contributed by atoms with van der Waals surface area (Å²) in [5, 5.41) is 2.01. The number of benzene rings is 2. The van der Waals surface area contributed by atoms with Crippen LogP contribution >= 0.6 is 11.3 Å². The molecular formula is C24H28FN3O2S2. The van der Waals surface area contributed by atoms with Crippen molar-refractivity contribution in [3.8, 4) is 0 Å². The number of sulfonamides is 1. The van der Waals surface area contributed by atoms with Gasteiger partial charge in [-0.2, -0.15) is 0 Å². The summed E-state index contributed by atoms with van der Waals surface area (Å²) in [7, 11) is -3.64. The van der Waals surface area contributed by atoms with Crippen molar-refractivity contribution in [2.24, 2.45) is 0 Å². The van der Waals surface area contributed by atoms with Gasteiger partial charge in [0.25, 0.3) is 0 Å². The molecule has 0 bridgehead atoms. The van der Waals surface area contributed by atoms with Gasteiger partial charge >= 0.3 is 0 Å². The van der Waals surface area contributed by atoms with E-state index in [-0.39, 0.29) is 22.8 Å². The summed E-state index contributed by atoms with van der Waals surface area (Å²) in [6, 6.07) is 17.3. The predicted molar refractivity (Wildman–Crippen MR) is 128 cm³/mol. The Hall–Kier alpha value is -2.26. The van der Waals surface area contributed by atoms with Crippen LogP contribution in [0.15, 0.2) is 70.9 Å². The summed E-state index contributed by atoms with van der Waals surface area (Å²) in [5.74, 6) is -0.213. The van der Waals surface area contributed by atoms with Crippen molar-refractivity contribution in [2.45, 2.75) is 30.8 Å². The summed E-state index contributed by atoms with van der Waals surface area (Å²) in [4.78, 5) is 5.73. The quantitative estimate of drug-likeness (QED) is 0.552. The number of hydrogen-bond acceptors (Lipinski definition) is 5. The minimum absolute atomic E-state index is 0.0991. The summed E-state index contributed by atoms with van der Waals surface area (Å²) < 4.78 is 43.1. The molecule has 0 aliphatic carbocycles. The number of piperazine rings is 1. The second-order valence-corrected chi connectivity index (χ2v) is 10.9. The van der Waals surface area contributed by atoms with Gasteiger partial charge in [0.1, 0.15) is 5.82 Å². The van der Waals surface area contributed by atoms with Gasteiger partial charge in [0.2, 0.25) is 10.0 Å². The predicted octanol–water partition coefficient (Wildman–Crippen LogP) is 4.43. The number of nitrogens with one attached hydrogen (secondary N) is 1. The van der Waals surface area contributed by atoms with Crippen LogP contribution in [0.1, 0.15) is 23.4 Å². The maximum Gasteiger partial charge on any atom is 0.240 e. The highest BCUT2D eigenvalue weighted by Crippen LogP contribution is 2.31. The maximum atomic E-state index is 14.2. The van der Waals surface area contributed by atoms with Gasteiger partial charge in [-0.3, -0.25) is 4.90 Å². The van der Waals surface area contributed by atoms with Crippen LogP contribution in [0.4, 0.5) is 10.1 Å². The molecule has 1 fully saturated rings. The van der Waals surface area contributed by atoms with E-state index in [0.29, 0.717) is 31.9 Å². The number of aryl methyl sites for hydroxylation is 1. The molecule has 1 aromatic heterocycles. The Kier molecular flexibility index (Phi) is 6.95. The van der Waals surface area contributed by atoms with Crippen LogP contribution in [0.3, 0.4) is 0 Å². The van der Waals surface area contributed by atoms with Gasteiger partial charge in [0.05, 0.1) is 16.6 Å². The highest BCUT2D eigenvalue weighted by Gasteiger charge is 2.32. The lowest BCUT2D eigenvalue weighted by Crippen LogP contribution is -2.52. The molecule has 2 atom stereocenters. The SMILES string of the molecule is Cc1ccc(S(=O)(=O)NC(C)C(c2cccs2)N2CCN(c3ccccc3F)CC2)cc1. The molecule has 0 saturated carbocycles. The average molecular weight is 474 g/mol. The lowest BCUT2D eigenvalue weighted by atomic mass is 10.1. The van der Waals surface area contributed by atoms with E-state index in [9.17, 15) is 12.8 Å². The van der Waals surface area contributed by atoms with E-state index in [2.05, 4.69) is 20.6 Å². The first kappa shape index (κ1) is 22.9. The van der Waals surface area contributed by atoms with Crippen LogP contribution < -0.4 is 9.62 Å². The molecule has 1 aliphatic heterocycles. The smallest absolute Gasteiger partial charge is 0.240 e. The van der Waals surface area contributed by atoms with E-state index in [0.717, 1.165) is 10.4 Å². The van der Waals surface area contributed by atoms with Crippen molar-refractivity contribution in [3.63, 3.8) is 0 Å². The molecule has 1 saturated heterocycles. The number of anilines is 1. The largest absolute Gasteiger partial charge is 0.367 e. The molecule has 4 rings (SSSR count). The van der Waals surface area contributed by atoms with E-state index < -0.39 is 10.0 Å². The molecule has 5 nitrogen and oxygen atoms in total. The minimum Gasteiger partial charge on any atom is -0.367 e. The third kappa shape index (κ3) is 5.04. The van der Waals surface area contributed by atoms with Crippen molar-refractivity contribution >= 4 is 27.0 Å². The number of halogens is 1. The van der Waals surface area contributed by atoms with Gasteiger partial charge in [-0.1, -0.05) is 35.9 Å². The highest BCUT2D eigenvalue weighted by molar-refractivity contribution is 7.89. The Morgan fingerprint density at radius 3 is 2.28 bits per heavy atom. The average Bonchev–Trinajstić information content (AvgIpc) is 3.29. The van der Waals surface area contributed by atoms with Crippen molar-refractivity contribution in [3.05, 3.63) is 82.3 Å². The molecule has 170 valence electrons. The van der Waals surface area contributed by atoms with E-state index in [4.69, 9.17) is 0 Å². The van der Waals surface area contributed by atoms with Crippen molar-refractivity contribution < 1.29 is 12.8 Å². The molecule has 0 amide bonds. The van der Waals surface area contributed by atoms with Crippen LogP contribution in [0.25, 0.3) is 0 Å². The molecule has 8 heteroatoms. The fraction of sp³-hybridized carbons (Fsp3) is 0.333. The van der Waals surface area contributed by atoms with Gasteiger partial charge in [-0.25, -0.2) is 17.5 Å². The first-order valence-corrected chi connectivity index (χ1v) is 13.1. The molecule has 0 spiro atoms. The van der Waals surface area contributed by atoms with E-state index in [1.165, 1.54) is 6.07 Å². The Bertz CT molecular complexity index is 1130. The zero-order valence-corrected chi connectivity index (χ0v) is 19.9. The number of rotatable bonds is 7. The fourth-order valence-corrected chi connectivity index (χ4v) is 6.46. The van der Waals surface area contributed by atoms with Gasteiger partial charge in [-0.05, 0) is 49.6 Å². The lowest BCUT2D eigenvalue weighted by Gasteiger charge is -2.42. The van der Waals surface area contributed by atoms with Gasteiger partial charge in [0, 0.05) is 37.1 Å². The second-order valence-electron chi connectivity index (χ2n) is 8.16. The second kappa shape index (κ2) is 9.70. The molecule has 1 N–H and O–H groups in total. The Balaban J connectivity index is 1.51.